The fourth-order valence-corrected chi connectivity index (χ4v) is 8.78. The highest BCUT2D eigenvalue weighted by molar-refractivity contribution is 5.98. The topological polar surface area (TPSA) is 50.9 Å². The van der Waals surface area contributed by atoms with Gasteiger partial charge in [-0.2, -0.15) is 0 Å². The van der Waals surface area contributed by atoms with Crippen LogP contribution in [0.5, 0.6) is 5.75 Å². The van der Waals surface area contributed by atoms with Gasteiger partial charge in [0, 0.05) is 27.0 Å². The van der Waals surface area contributed by atoms with Crippen LogP contribution in [0.15, 0.2) is 158 Å². The molecule has 64 heavy (non-hydrogen) atoms. The zero-order valence-electron chi connectivity index (χ0n) is 41.3. The van der Waals surface area contributed by atoms with Crippen molar-refractivity contribution in [2.45, 2.75) is 80.0 Å². The minimum absolute atomic E-state index is 0.0861. The third-order valence-electron chi connectivity index (χ3n) is 12.4. The summed E-state index contributed by atoms with van der Waals surface area (Å²) in [7, 11) is 0. The number of aromatic hydroxyl groups is 1. The average Bonchev–Trinajstić information content (AvgIpc) is 3.69. The van der Waals surface area contributed by atoms with Crippen molar-refractivity contribution in [1.29, 1.82) is 0 Å². The second-order valence-corrected chi connectivity index (χ2v) is 19.4. The highest BCUT2D eigenvalue weighted by Gasteiger charge is 2.26. The highest BCUT2D eigenvalue weighted by Crippen LogP contribution is 2.44. The van der Waals surface area contributed by atoms with Gasteiger partial charge in [-0.3, -0.25) is 9.55 Å². The summed E-state index contributed by atoms with van der Waals surface area (Å²) in [6, 6.07) is 51.7. The molecular weight excluding hydrogens is 779 g/mol. The van der Waals surface area contributed by atoms with Gasteiger partial charge in [0.1, 0.15) is 11.6 Å². The highest BCUT2D eigenvalue weighted by atomic mass is 16.3. The molecule has 0 aliphatic heterocycles. The summed E-state index contributed by atoms with van der Waals surface area (Å²) >= 11 is 0. The molecule has 0 bridgehead atoms. The van der Waals surface area contributed by atoms with E-state index < -0.39 is 6.85 Å². The Morgan fingerprint density at radius 1 is 0.500 bits per heavy atom. The molecule has 4 heteroatoms. The Morgan fingerprint density at radius 2 is 1.19 bits per heavy atom. The van der Waals surface area contributed by atoms with E-state index in [0.29, 0.717) is 17.0 Å². The van der Waals surface area contributed by atoms with E-state index in [4.69, 9.17) is 14.1 Å². The van der Waals surface area contributed by atoms with Crippen LogP contribution in [0.25, 0.3) is 83.9 Å². The number of rotatable bonds is 7. The lowest BCUT2D eigenvalue weighted by molar-refractivity contribution is 0.472. The Balaban J connectivity index is 1.37. The first-order valence-corrected chi connectivity index (χ1v) is 22.1. The Morgan fingerprint density at radius 3 is 1.89 bits per heavy atom. The molecule has 318 valence electrons. The molecular formula is C60H57N3O. The molecule has 4 nitrogen and oxygen atoms in total. The van der Waals surface area contributed by atoms with Gasteiger partial charge in [0.15, 0.2) is 0 Å². The third-order valence-corrected chi connectivity index (χ3v) is 12.4. The molecule has 9 aromatic rings. The van der Waals surface area contributed by atoms with Crippen molar-refractivity contribution >= 4 is 11.0 Å². The quantitative estimate of drug-likeness (QED) is 0.174. The Bertz CT molecular complexity index is 3310. The van der Waals surface area contributed by atoms with Gasteiger partial charge in [0.2, 0.25) is 0 Å². The summed E-state index contributed by atoms with van der Waals surface area (Å²) < 4.78 is 28.7. The van der Waals surface area contributed by atoms with Gasteiger partial charge in [-0.1, -0.05) is 150 Å². The van der Waals surface area contributed by atoms with E-state index >= 15 is 0 Å². The molecule has 9 rings (SSSR count). The van der Waals surface area contributed by atoms with Gasteiger partial charge >= 0.3 is 0 Å². The number of imidazole rings is 1. The van der Waals surface area contributed by atoms with E-state index in [1.165, 1.54) is 11.1 Å². The van der Waals surface area contributed by atoms with Crippen LogP contribution in [0.1, 0.15) is 79.0 Å². The van der Waals surface area contributed by atoms with Crippen LogP contribution in [0.3, 0.4) is 0 Å². The standard InChI is InChI=1S/C60H57N3O/c1-37-19-21-41(22-20-37)44-27-28-61-53(35-44)46-32-45(33-48(34-46)60(8,9)10)49-17-14-18-54-56(49)62-58(52-30-38(2)29-40(4)57(52)64)63(54)55-36-50(42-15-12-11-13-16-42)39(3)31-51(55)43-23-25-47(26-24-43)59(5,6)7/h11-36,64H,1-10H3/i3D3. The predicted molar refractivity (Wildman–Crippen MR) is 269 cm³/mol. The minimum atomic E-state index is -2.42. The molecule has 0 atom stereocenters. The van der Waals surface area contributed by atoms with Gasteiger partial charge in [0.25, 0.3) is 0 Å². The molecule has 1 N–H and O–H groups in total. The monoisotopic (exact) mass is 838 g/mol. The minimum Gasteiger partial charge on any atom is -0.507 e. The van der Waals surface area contributed by atoms with E-state index in [0.717, 1.165) is 83.6 Å². The summed E-state index contributed by atoms with van der Waals surface area (Å²) in [4.78, 5) is 10.5. The van der Waals surface area contributed by atoms with Crippen LogP contribution in [0, 0.1) is 27.6 Å². The van der Waals surface area contributed by atoms with E-state index in [9.17, 15) is 5.11 Å². The largest absolute Gasteiger partial charge is 0.507 e. The van der Waals surface area contributed by atoms with Gasteiger partial charge in [-0.15, -0.1) is 0 Å². The van der Waals surface area contributed by atoms with Crippen molar-refractivity contribution in [2.75, 3.05) is 0 Å². The first-order chi connectivity index (χ1) is 31.7. The van der Waals surface area contributed by atoms with Crippen molar-refractivity contribution in [3.05, 3.63) is 191 Å². The lowest BCUT2D eigenvalue weighted by Gasteiger charge is -2.22. The van der Waals surface area contributed by atoms with Crippen LogP contribution < -0.4 is 0 Å². The molecule has 0 saturated heterocycles. The fourth-order valence-electron chi connectivity index (χ4n) is 8.78. The molecule has 7 aromatic carbocycles. The van der Waals surface area contributed by atoms with Gasteiger partial charge in [-0.05, 0) is 148 Å². The number of phenolic OH excluding ortho intramolecular Hbond substituents is 1. The van der Waals surface area contributed by atoms with E-state index in [-0.39, 0.29) is 22.1 Å². The molecule has 0 fully saturated rings. The molecule has 0 unspecified atom stereocenters. The van der Waals surface area contributed by atoms with Crippen LogP contribution in [-0.4, -0.2) is 19.6 Å². The number of benzene rings is 7. The smallest absolute Gasteiger partial charge is 0.149 e. The van der Waals surface area contributed by atoms with Crippen molar-refractivity contribution in [3.63, 3.8) is 0 Å². The van der Waals surface area contributed by atoms with Gasteiger partial charge < -0.3 is 5.11 Å². The zero-order valence-corrected chi connectivity index (χ0v) is 38.3. The number of aromatic nitrogens is 3. The van der Waals surface area contributed by atoms with Crippen LogP contribution in [0.4, 0.5) is 0 Å². The number of nitrogens with zero attached hydrogens (tertiary/aromatic N) is 3. The fraction of sp³-hybridized carbons (Fsp3) is 0.200. The van der Waals surface area contributed by atoms with Crippen molar-refractivity contribution in [2.24, 2.45) is 0 Å². The number of aryl methyl sites for hydroxylation is 4. The maximum Gasteiger partial charge on any atom is 0.149 e. The van der Waals surface area contributed by atoms with Crippen LogP contribution in [-0.2, 0) is 10.8 Å². The zero-order chi connectivity index (χ0) is 47.6. The molecule has 0 aliphatic rings. The number of pyridine rings is 1. The second-order valence-electron chi connectivity index (χ2n) is 19.4. The molecule has 0 saturated carbocycles. The van der Waals surface area contributed by atoms with E-state index in [1.54, 1.807) is 0 Å². The van der Waals surface area contributed by atoms with Gasteiger partial charge in [-0.25, -0.2) is 4.98 Å². The Hall–Kier alpha value is -7.04. The number of hydrogen-bond acceptors (Lipinski definition) is 3. The maximum atomic E-state index is 12.0. The van der Waals surface area contributed by atoms with Crippen molar-refractivity contribution in [1.82, 2.24) is 14.5 Å². The lowest BCUT2D eigenvalue weighted by atomic mass is 9.83. The number of fused-ring (bicyclic) bond motifs is 1. The van der Waals surface area contributed by atoms with E-state index in [1.807, 2.05) is 74.6 Å². The first kappa shape index (κ1) is 38.6. The normalized spacial score (nSPS) is 12.9. The molecule has 2 heterocycles. The average molecular weight is 839 g/mol. The van der Waals surface area contributed by atoms with Crippen molar-refractivity contribution < 1.29 is 9.22 Å². The predicted octanol–water partition coefficient (Wildman–Crippen LogP) is 16.0. The molecule has 0 amide bonds. The third kappa shape index (κ3) is 8.05. The summed E-state index contributed by atoms with van der Waals surface area (Å²) in [5.41, 5.74) is 17.1. The first-order valence-electron chi connectivity index (χ1n) is 23.6. The molecule has 0 radical (unpaired) electrons. The Labute approximate surface area is 383 Å². The van der Waals surface area contributed by atoms with Crippen LogP contribution >= 0.6 is 0 Å². The SMILES string of the molecule is [2H]C([2H])([2H])c1cc(-c2ccc(C(C)(C)C)cc2)c(-n2c(-c3cc(C)cc(C)c3O)nc3c(-c4cc(-c5cc(-c6ccc(C)cc6)ccn5)cc(C(C)(C)C)c4)cccc32)cc1-c1ccccc1. The maximum absolute atomic E-state index is 12.0. The van der Waals surface area contributed by atoms with Crippen molar-refractivity contribution in [3.8, 4) is 78.6 Å². The summed E-state index contributed by atoms with van der Waals surface area (Å²) in [6.45, 7) is 16.8. The summed E-state index contributed by atoms with van der Waals surface area (Å²) in [6.07, 6.45) is 1.88. The Kier molecular flexibility index (Phi) is 9.81. The van der Waals surface area contributed by atoms with Gasteiger partial charge in [0.05, 0.1) is 28.0 Å². The van der Waals surface area contributed by atoms with E-state index in [2.05, 4.69) is 150 Å². The van der Waals surface area contributed by atoms with Crippen LogP contribution in [0.2, 0.25) is 0 Å². The molecule has 2 aromatic heterocycles. The second kappa shape index (κ2) is 16.3. The lowest BCUT2D eigenvalue weighted by Crippen LogP contribution is -2.11. The summed E-state index contributed by atoms with van der Waals surface area (Å²) in [5.74, 6) is 0.679. The molecule has 0 aliphatic carbocycles. The number of para-hydroxylation sites is 1. The molecule has 0 spiro atoms. The number of phenols is 1. The summed E-state index contributed by atoms with van der Waals surface area (Å²) in [5, 5.41) is 12.0. The number of hydrogen-bond donors (Lipinski definition) is 1.